The van der Waals surface area contributed by atoms with E-state index in [2.05, 4.69) is 0 Å². The smallest absolute Gasteiger partial charge is 0.123 e. The zero-order valence-corrected chi connectivity index (χ0v) is 8.76. The van der Waals surface area contributed by atoms with Crippen LogP contribution in [0.4, 0.5) is 4.39 Å². The van der Waals surface area contributed by atoms with Crippen LogP contribution in [0.5, 0.6) is 0 Å². The number of aliphatic hydroxyl groups is 1. The van der Waals surface area contributed by atoms with E-state index >= 15 is 0 Å². The van der Waals surface area contributed by atoms with Crippen molar-refractivity contribution in [2.45, 2.75) is 26.7 Å². The highest BCUT2D eigenvalue weighted by Gasteiger charge is 2.21. The predicted molar refractivity (Wildman–Crippen MR) is 55.6 cm³/mol. The van der Waals surface area contributed by atoms with Crippen LogP contribution < -0.4 is 0 Å². The average Bonchev–Trinajstić information content (AvgIpc) is 2.18. The number of hydrogen-bond donors (Lipinski definition) is 1. The molecule has 0 aliphatic carbocycles. The highest BCUT2D eigenvalue weighted by Crippen LogP contribution is 2.25. The van der Waals surface area contributed by atoms with Gasteiger partial charge < -0.3 is 5.11 Å². The molecule has 0 fully saturated rings. The molecule has 1 N–H and O–H groups in total. The first-order valence-electron chi connectivity index (χ1n) is 4.95. The summed E-state index contributed by atoms with van der Waals surface area (Å²) in [5.74, 6) is -0.209. The summed E-state index contributed by atoms with van der Waals surface area (Å²) >= 11 is 0. The molecule has 1 atom stereocenters. The van der Waals surface area contributed by atoms with Gasteiger partial charge in [0.1, 0.15) is 5.82 Å². The van der Waals surface area contributed by atoms with Crippen LogP contribution in [0.15, 0.2) is 24.3 Å². The minimum Gasteiger partial charge on any atom is -0.396 e. The van der Waals surface area contributed by atoms with Crippen molar-refractivity contribution in [2.75, 3.05) is 6.61 Å². The van der Waals surface area contributed by atoms with Crippen molar-refractivity contribution in [3.05, 3.63) is 35.6 Å². The monoisotopic (exact) mass is 196 g/mol. The molecule has 0 aromatic heterocycles. The Labute approximate surface area is 84.6 Å². The van der Waals surface area contributed by atoms with Crippen molar-refractivity contribution in [3.8, 4) is 0 Å². The van der Waals surface area contributed by atoms with Crippen LogP contribution in [0.1, 0.15) is 25.8 Å². The maximum atomic E-state index is 12.9. The second kappa shape index (κ2) is 4.56. The van der Waals surface area contributed by atoms with E-state index in [0.29, 0.717) is 0 Å². The predicted octanol–water partition coefficient (Wildman–Crippen LogP) is 2.78. The second-order valence-electron chi connectivity index (χ2n) is 4.13. The van der Waals surface area contributed by atoms with Crippen LogP contribution >= 0.6 is 0 Å². The SMILES string of the molecule is CCC(C)(CO)Cc1cccc(F)c1. The van der Waals surface area contributed by atoms with E-state index in [1.165, 1.54) is 12.1 Å². The highest BCUT2D eigenvalue weighted by atomic mass is 19.1. The summed E-state index contributed by atoms with van der Waals surface area (Å²) in [6, 6.07) is 6.57. The Hall–Kier alpha value is -0.890. The molecular formula is C12H17FO. The fourth-order valence-electron chi connectivity index (χ4n) is 1.43. The lowest BCUT2D eigenvalue weighted by atomic mass is 9.82. The summed E-state index contributed by atoms with van der Waals surface area (Å²) < 4.78 is 12.9. The minimum atomic E-state index is -0.209. The van der Waals surface area contributed by atoms with Gasteiger partial charge in [0, 0.05) is 6.61 Å². The molecule has 1 aromatic rings. The van der Waals surface area contributed by atoms with Crippen molar-refractivity contribution in [3.63, 3.8) is 0 Å². The normalized spacial score (nSPS) is 15.1. The van der Waals surface area contributed by atoms with Crippen LogP contribution in [0, 0.1) is 11.2 Å². The lowest BCUT2D eigenvalue weighted by Gasteiger charge is -2.25. The van der Waals surface area contributed by atoms with Crippen molar-refractivity contribution >= 4 is 0 Å². The standard InChI is InChI=1S/C12H17FO/c1-3-12(2,9-14)8-10-5-4-6-11(13)7-10/h4-7,14H,3,8-9H2,1-2H3. The number of halogens is 1. The Kier molecular flexibility index (Phi) is 3.64. The largest absolute Gasteiger partial charge is 0.396 e. The Balaban J connectivity index is 2.77. The van der Waals surface area contributed by atoms with Crippen LogP contribution in [-0.4, -0.2) is 11.7 Å². The molecule has 78 valence electrons. The van der Waals surface area contributed by atoms with Gasteiger partial charge in [-0.25, -0.2) is 4.39 Å². The quantitative estimate of drug-likeness (QED) is 0.785. The summed E-state index contributed by atoms with van der Waals surface area (Å²) in [5, 5.41) is 9.22. The fourth-order valence-corrected chi connectivity index (χ4v) is 1.43. The Morgan fingerprint density at radius 2 is 2.14 bits per heavy atom. The van der Waals surface area contributed by atoms with E-state index < -0.39 is 0 Å². The van der Waals surface area contributed by atoms with Gasteiger partial charge in [0.2, 0.25) is 0 Å². The molecule has 0 aliphatic heterocycles. The van der Waals surface area contributed by atoms with E-state index in [4.69, 9.17) is 0 Å². The van der Waals surface area contributed by atoms with Crippen molar-refractivity contribution in [1.82, 2.24) is 0 Å². The van der Waals surface area contributed by atoms with E-state index in [1.807, 2.05) is 19.9 Å². The van der Waals surface area contributed by atoms with E-state index in [1.54, 1.807) is 6.07 Å². The first-order chi connectivity index (χ1) is 6.59. The molecule has 0 bridgehead atoms. The number of aliphatic hydroxyl groups excluding tert-OH is 1. The number of benzene rings is 1. The molecule has 0 amide bonds. The molecule has 0 saturated heterocycles. The maximum absolute atomic E-state index is 12.9. The third kappa shape index (κ3) is 2.81. The third-order valence-corrected chi connectivity index (χ3v) is 2.76. The molecular weight excluding hydrogens is 179 g/mol. The van der Waals surface area contributed by atoms with Gasteiger partial charge in [0.15, 0.2) is 0 Å². The molecule has 14 heavy (non-hydrogen) atoms. The summed E-state index contributed by atoms with van der Waals surface area (Å²) in [5.41, 5.74) is 0.816. The van der Waals surface area contributed by atoms with Crippen molar-refractivity contribution in [1.29, 1.82) is 0 Å². The minimum absolute atomic E-state index is 0.131. The summed E-state index contributed by atoms with van der Waals surface area (Å²) in [4.78, 5) is 0. The summed E-state index contributed by atoms with van der Waals surface area (Å²) in [6.45, 7) is 4.19. The Morgan fingerprint density at radius 3 is 2.64 bits per heavy atom. The summed E-state index contributed by atoms with van der Waals surface area (Å²) in [7, 11) is 0. The van der Waals surface area contributed by atoms with Gasteiger partial charge >= 0.3 is 0 Å². The molecule has 1 aromatic carbocycles. The molecule has 0 heterocycles. The second-order valence-corrected chi connectivity index (χ2v) is 4.13. The number of hydrogen-bond acceptors (Lipinski definition) is 1. The molecule has 1 nitrogen and oxygen atoms in total. The van der Waals surface area contributed by atoms with Crippen LogP contribution in [0.3, 0.4) is 0 Å². The zero-order chi connectivity index (χ0) is 10.6. The van der Waals surface area contributed by atoms with Crippen LogP contribution in [0.2, 0.25) is 0 Å². The van der Waals surface area contributed by atoms with Crippen LogP contribution in [0.25, 0.3) is 0 Å². The fraction of sp³-hybridized carbons (Fsp3) is 0.500. The topological polar surface area (TPSA) is 20.2 Å². The summed E-state index contributed by atoms with van der Waals surface area (Å²) in [6.07, 6.45) is 1.61. The van der Waals surface area contributed by atoms with E-state index in [0.717, 1.165) is 18.4 Å². The van der Waals surface area contributed by atoms with Gasteiger partial charge in [-0.05, 0) is 36.0 Å². The Morgan fingerprint density at radius 1 is 1.43 bits per heavy atom. The van der Waals surface area contributed by atoms with Gasteiger partial charge in [0.05, 0.1) is 0 Å². The van der Waals surface area contributed by atoms with Gasteiger partial charge in [0.25, 0.3) is 0 Å². The number of rotatable bonds is 4. The van der Waals surface area contributed by atoms with Gasteiger partial charge in [-0.3, -0.25) is 0 Å². The van der Waals surface area contributed by atoms with Gasteiger partial charge in [-0.1, -0.05) is 26.0 Å². The molecule has 1 unspecified atom stereocenters. The molecule has 0 aliphatic rings. The van der Waals surface area contributed by atoms with E-state index in [-0.39, 0.29) is 17.8 Å². The lowest BCUT2D eigenvalue weighted by molar-refractivity contribution is 0.137. The molecule has 0 spiro atoms. The lowest BCUT2D eigenvalue weighted by Crippen LogP contribution is -2.23. The first-order valence-corrected chi connectivity index (χ1v) is 4.95. The van der Waals surface area contributed by atoms with Crippen molar-refractivity contribution < 1.29 is 9.50 Å². The first kappa shape index (κ1) is 11.2. The van der Waals surface area contributed by atoms with Gasteiger partial charge in [-0.2, -0.15) is 0 Å². The highest BCUT2D eigenvalue weighted by molar-refractivity contribution is 5.17. The molecule has 1 rings (SSSR count). The molecule has 0 radical (unpaired) electrons. The zero-order valence-electron chi connectivity index (χ0n) is 8.76. The third-order valence-electron chi connectivity index (χ3n) is 2.76. The van der Waals surface area contributed by atoms with Crippen molar-refractivity contribution in [2.24, 2.45) is 5.41 Å². The molecule has 2 heteroatoms. The van der Waals surface area contributed by atoms with Crippen LogP contribution in [-0.2, 0) is 6.42 Å². The van der Waals surface area contributed by atoms with E-state index in [9.17, 15) is 9.50 Å². The molecule has 0 saturated carbocycles. The average molecular weight is 196 g/mol. The van der Waals surface area contributed by atoms with Gasteiger partial charge in [-0.15, -0.1) is 0 Å². The maximum Gasteiger partial charge on any atom is 0.123 e. The Bertz CT molecular complexity index is 292.